The standard InChI is InChI=1S/C15H22N2O3S/c1-17(2)12-5-11-16-21(19,20)15-9-7-14(8-10-15)6-3-4-13-18/h7-10,16,18H,4-5,11-13H2,1-2H3. The van der Waals surface area contributed by atoms with Gasteiger partial charge in [0.2, 0.25) is 10.0 Å². The Balaban J connectivity index is 2.61. The average Bonchev–Trinajstić information content (AvgIpc) is 2.44. The zero-order chi connectivity index (χ0) is 15.7. The highest BCUT2D eigenvalue weighted by atomic mass is 32.2. The highest BCUT2D eigenvalue weighted by molar-refractivity contribution is 7.89. The SMILES string of the molecule is CN(C)CCCNS(=O)(=O)c1ccc(C#CCCO)cc1. The van der Waals surface area contributed by atoms with E-state index in [1.807, 2.05) is 19.0 Å². The van der Waals surface area contributed by atoms with Gasteiger partial charge in [-0.25, -0.2) is 13.1 Å². The number of rotatable bonds is 7. The van der Waals surface area contributed by atoms with Gasteiger partial charge in [0, 0.05) is 18.5 Å². The molecule has 0 amide bonds. The van der Waals surface area contributed by atoms with Gasteiger partial charge in [-0.2, -0.15) is 0 Å². The molecule has 1 aromatic rings. The quantitative estimate of drug-likeness (QED) is 0.573. The molecule has 1 aromatic carbocycles. The molecule has 0 fully saturated rings. The van der Waals surface area contributed by atoms with Crippen molar-refractivity contribution in [2.45, 2.75) is 17.7 Å². The molecule has 116 valence electrons. The van der Waals surface area contributed by atoms with Crippen LogP contribution in [0.15, 0.2) is 29.2 Å². The largest absolute Gasteiger partial charge is 0.395 e. The van der Waals surface area contributed by atoms with Crippen LogP contribution in [0.3, 0.4) is 0 Å². The van der Waals surface area contributed by atoms with E-state index in [0.717, 1.165) is 18.5 Å². The fourth-order valence-corrected chi connectivity index (χ4v) is 2.70. The Bertz CT molecular complexity index is 584. The van der Waals surface area contributed by atoms with E-state index in [0.29, 0.717) is 13.0 Å². The predicted molar refractivity (Wildman–Crippen MR) is 83.4 cm³/mol. The summed E-state index contributed by atoms with van der Waals surface area (Å²) in [4.78, 5) is 2.24. The molecular formula is C15H22N2O3S. The second kappa shape index (κ2) is 8.80. The molecule has 6 heteroatoms. The van der Waals surface area contributed by atoms with Crippen molar-refractivity contribution >= 4 is 10.0 Å². The molecule has 21 heavy (non-hydrogen) atoms. The molecule has 0 spiro atoms. The van der Waals surface area contributed by atoms with Crippen LogP contribution in [-0.2, 0) is 10.0 Å². The molecule has 0 radical (unpaired) electrons. The lowest BCUT2D eigenvalue weighted by Crippen LogP contribution is -2.27. The van der Waals surface area contributed by atoms with E-state index in [1.165, 1.54) is 12.1 Å². The van der Waals surface area contributed by atoms with Crippen molar-refractivity contribution in [3.63, 3.8) is 0 Å². The normalized spacial score (nSPS) is 11.2. The molecule has 0 aliphatic rings. The van der Waals surface area contributed by atoms with Crippen LogP contribution in [0, 0.1) is 11.8 Å². The maximum Gasteiger partial charge on any atom is 0.240 e. The Morgan fingerprint density at radius 1 is 1.24 bits per heavy atom. The summed E-state index contributed by atoms with van der Waals surface area (Å²) in [6.07, 6.45) is 1.17. The van der Waals surface area contributed by atoms with Crippen molar-refractivity contribution in [2.24, 2.45) is 0 Å². The third-order valence-electron chi connectivity index (χ3n) is 2.71. The first-order valence-corrected chi connectivity index (χ1v) is 8.28. The van der Waals surface area contributed by atoms with Gasteiger partial charge in [-0.15, -0.1) is 0 Å². The van der Waals surface area contributed by atoms with Crippen molar-refractivity contribution < 1.29 is 13.5 Å². The Morgan fingerprint density at radius 2 is 1.90 bits per heavy atom. The van der Waals surface area contributed by atoms with Gasteiger partial charge in [-0.1, -0.05) is 11.8 Å². The summed E-state index contributed by atoms with van der Waals surface area (Å²) >= 11 is 0. The highest BCUT2D eigenvalue weighted by Crippen LogP contribution is 2.09. The first-order chi connectivity index (χ1) is 9.95. The van der Waals surface area contributed by atoms with Gasteiger partial charge in [0.15, 0.2) is 0 Å². The van der Waals surface area contributed by atoms with Crippen LogP contribution in [0.4, 0.5) is 0 Å². The van der Waals surface area contributed by atoms with E-state index in [1.54, 1.807) is 12.1 Å². The smallest absolute Gasteiger partial charge is 0.240 e. The minimum Gasteiger partial charge on any atom is -0.395 e. The van der Waals surface area contributed by atoms with Gasteiger partial charge >= 0.3 is 0 Å². The number of aliphatic hydroxyl groups excluding tert-OH is 1. The van der Waals surface area contributed by atoms with Crippen LogP contribution in [0.5, 0.6) is 0 Å². The lowest BCUT2D eigenvalue weighted by molar-refractivity contribution is 0.305. The molecule has 0 bridgehead atoms. The van der Waals surface area contributed by atoms with Crippen molar-refractivity contribution in [1.29, 1.82) is 0 Å². The van der Waals surface area contributed by atoms with Crippen LogP contribution in [0.25, 0.3) is 0 Å². The summed E-state index contributed by atoms with van der Waals surface area (Å²) in [5.74, 6) is 5.65. The van der Waals surface area contributed by atoms with E-state index in [9.17, 15) is 8.42 Å². The molecule has 0 saturated carbocycles. The van der Waals surface area contributed by atoms with Gasteiger partial charge in [0.05, 0.1) is 11.5 Å². The number of hydrogen-bond acceptors (Lipinski definition) is 4. The Morgan fingerprint density at radius 3 is 2.48 bits per heavy atom. The van der Waals surface area contributed by atoms with Crippen molar-refractivity contribution in [1.82, 2.24) is 9.62 Å². The fourth-order valence-electron chi connectivity index (χ4n) is 1.62. The summed E-state index contributed by atoms with van der Waals surface area (Å²) in [6, 6.07) is 6.41. The molecule has 0 aliphatic carbocycles. The summed E-state index contributed by atoms with van der Waals surface area (Å²) < 4.78 is 26.7. The number of hydrogen-bond donors (Lipinski definition) is 2. The average molecular weight is 310 g/mol. The lowest BCUT2D eigenvalue weighted by Gasteiger charge is -2.10. The molecule has 5 nitrogen and oxygen atoms in total. The van der Waals surface area contributed by atoms with E-state index >= 15 is 0 Å². The van der Waals surface area contributed by atoms with Crippen molar-refractivity contribution in [3.05, 3.63) is 29.8 Å². The number of nitrogens with one attached hydrogen (secondary N) is 1. The third kappa shape index (κ3) is 6.74. The molecular weight excluding hydrogens is 288 g/mol. The van der Waals surface area contributed by atoms with Gasteiger partial charge in [-0.05, 0) is 51.3 Å². The number of sulfonamides is 1. The zero-order valence-corrected chi connectivity index (χ0v) is 13.3. The Kier molecular flexibility index (Phi) is 7.40. The van der Waals surface area contributed by atoms with Crippen LogP contribution in [0.2, 0.25) is 0 Å². The molecule has 0 aromatic heterocycles. The molecule has 0 atom stereocenters. The molecule has 0 aliphatic heterocycles. The molecule has 0 unspecified atom stereocenters. The van der Waals surface area contributed by atoms with Gasteiger partial charge in [-0.3, -0.25) is 0 Å². The van der Waals surface area contributed by atoms with Crippen molar-refractivity contribution in [2.75, 3.05) is 33.8 Å². The predicted octanol–water partition coefficient (Wildman–Crippen LogP) is 0.650. The lowest BCUT2D eigenvalue weighted by atomic mass is 10.2. The van der Waals surface area contributed by atoms with Crippen LogP contribution >= 0.6 is 0 Å². The molecule has 0 saturated heterocycles. The van der Waals surface area contributed by atoms with Gasteiger partial charge in [0.1, 0.15) is 0 Å². The Hall–Kier alpha value is -1.39. The summed E-state index contributed by atoms with van der Waals surface area (Å²) in [5, 5.41) is 8.64. The number of nitrogens with zero attached hydrogens (tertiary/aromatic N) is 1. The minimum atomic E-state index is -3.46. The van der Waals surface area contributed by atoms with Crippen LogP contribution < -0.4 is 4.72 Å². The summed E-state index contributed by atoms with van der Waals surface area (Å²) in [5.41, 5.74) is 0.731. The maximum atomic E-state index is 12.1. The fraction of sp³-hybridized carbons (Fsp3) is 0.467. The van der Waals surface area contributed by atoms with Crippen molar-refractivity contribution in [3.8, 4) is 11.8 Å². The Labute approximate surface area is 127 Å². The van der Waals surface area contributed by atoms with E-state index in [-0.39, 0.29) is 11.5 Å². The first kappa shape index (κ1) is 17.7. The number of aliphatic hydroxyl groups is 1. The van der Waals surface area contributed by atoms with Gasteiger partial charge < -0.3 is 10.0 Å². The number of benzene rings is 1. The summed E-state index contributed by atoms with van der Waals surface area (Å²) in [7, 11) is 0.442. The van der Waals surface area contributed by atoms with Crippen LogP contribution in [-0.4, -0.2) is 52.2 Å². The highest BCUT2D eigenvalue weighted by Gasteiger charge is 2.12. The second-order valence-corrected chi connectivity index (χ2v) is 6.62. The first-order valence-electron chi connectivity index (χ1n) is 6.80. The minimum absolute atomic E-state index is 0.0241. The molecule has 1 rings (SSSR count). The molecule has 0 heterocycles. The summed E-state index contributed by atoms with van der Waals surface area (Å²) in [6.45, 7) is 1.27. The third-order valence-corrected chi connectivity index (χ3v) is 4.19. The van der Waals surface area contributed by atoms with E-state index < -0.39 is 10.0 Å². The maximum absolute atomic E-state index is 12.1. The topological polar surface area (TPSA) is 69.6 Å². The zero-order valence-electron chi connectivity index (χ0n) is 12.5. The van der Waals surface area contributed by atoms with Gasteiger partial charge in [0.25, 0.3) is 0 Å². The van der Waals surface area contributed by atoms with E-state index in [2.05, 4.69) is 16.6 Å². The van der Waals surface area contributed by atoms with E-state index in [4.69, 9.17) is 5.11 Å². The van der Waals surface area contributed by atoms with Crippen LogP contribution in [0.1, 0.15) is 18.4 Å². The second-order valence-electron chi connectivity index (χ2n) is 4.85. The monoisotopic (exact) mass is 310 g/mol. The molecule has 2 N–H and O–H groups in total.